The van der Waals surface area contributed by atoms with Gasteiger partial charge in [-0.15, -0.1) is 6.54 Å². The molecule has 0 aromatic heterocycles. The predicted octanol–water partition coefficient (Wildman–Crippen LogP) is 1.65. The van der Waals surface area contributed by atoms with E-state index in [0.29, 0.717) is 6.54 Å². The first kappa shape index (κ1) is 8.24. The molecule has 0 bridgehead atoms. The normalized spacial score (nSPS) is 10.0. The van der Waals surface area contributed by atoms with Gasteiger partial charge in [0.15, 0.2) is 0 Å². The molecule has 0 saturated carbocycles. The molecule has 0 atom stereocenters. The number of benzene rings is 1. The van der Waals surface area contributed by atoms with Crippen LogP contribution in [0.15, 0.2) is 24.3 Å². The fraction of sp³-hybridized carbons (Fsp3) is 0.333. The Balaban J connectivity index is 2.74. The van der Waals surface area contributed by atoms with Crippen LogP contribution in [0.1, 0.15) is 11.1 Å². The Labute approximate surface area is 67.4 Å². The molecular formula is C9H13N2-. The number of nitrogens with zero attached hydrogens (tertiary/aromatic N) is 1. The van der Waals surface area contributed by atoms with Crippen molar-refractivity contribution in [1.82, 2.24) is 0 Å². The molecule has 1 rings (SSSR count). The first-order chi connectivity index (χ1) is 5.36. The summed E-state index contributed by atoms with van der Waals surface area (Å²) in [5.41, 5.74) is 7.89. The maximum atomic E-state index is 5.48. The smallest absolute Gasteiger partial charge is 0.0178 e. The van der Waals surface area contributed by atoms with E-state index in [1.54, 1.807) is 0 Å². The molecule has 11 heavy (non-hydrogen) atoms. The van der Waals surface area contributed by atoms with Gasteiger partial charge >= 0.3 is 0 Å². The molecular weight excluding hydrogens is 136 g/mol. The average Bonchev–Trinajstić information content (AvgIpc) is 2.06. The van der Waals surface area contributed by atoms with Gasteiger partial charge < -0.3 is 11.1 Å². The maximum absolute atomic E-state index is 5.48. The molecule has 60 valence electrons. The van der Waals surface area contributed by atoms with Crippen LogP contribution < -0.4 is 5.73 Å². The molecule has 0 saturated heterocycles. The highest BCUT2D eigenvalue weighted by Crippen LogP contribution is 2.06. The lowest BCUT2D eigenvalue weighted by molar-refractivity contribution is 1.05. The lowest BCUT2D eigenvalue weighted by atomic mass is 10.1. The maximum Gasteiger partial charge on any atom is 0.0178 e. The summed E-state index contributed by atoms with van der Waals surface area (Å²) in [5.74, 6) is 0. The van der Waals surface area contributed by atoms with Gasteiger partial charge in [-0.2, -0.15) is 7.05 Å². The van der Waals surface area contributed by atoms with E-state index in [1.165, 1.54) is 11.1 Å². The van der Waals surface area contributed by atoms with Gasteiger partial charge in [0.05, 0.1) is 0 Å². The average molecular weight is 149 g/mol. The van der Waals surface area contributed by atoms with E-state index >= 15 is 0 Å². The third kappa shape index (κ3) is 2.33. The Hall–Kier alpha value is -0.860. The molecule has 1 aromatic carbocycles. The van der Waals surface area contributed by atoms with Crippen molar-refractivity contribution in [3.05, 3.63) is 40.7 Å². The van der Waals surface area contributed by atoms with Crippen molar-refractivity contribution in [2.75, 3.05) is 7.05 Å². The molecule has 2 heteroatoms. The van der Waals surface area contributed by atoms with Gasteiger partial charge in [-0.25, -0.2) is 0 Å². The number of hydrogen-bond donors (Lipinski definition) is 1. The molecule has 0 radical (unpaired) electrons. The lowest BCUT2D eigenvalue weighted by Crippen LogP contribution is -1.96. The van der Waals surface area contributed by atoms with Crippen LogP contribution in [0.2, 0.25) is 0 Å². The molecule has 0 aliphatic heterocycles. The summed E-state index contributed by atoms with van der Waals surface area (Å²) in [7, 11) is 1.81. The van der Waals surface area contributed by atoms with Crippen molar-refractivity contribution in [3.8, 4) is 0 Å². The van der Waals surface area contributed by atoms with Crippen LogP contribution in [0.25, 0.3) is 5.32 Å². The van der Waals surface area contributed by atoms with Crippen LogP contribution in [0.4, 0.5) is 0 Å². The van der Waals surface area contributed by atoms with Crippen LogP contribution in [-0.4, -0.2) is 7.05 Å². The minimum absolute atomic E-state index is 0.609. The second-order valence-corrected chi connectivity index (χ2v) is 2.50. The van der Waals surface area contributed by atoms with Crippen LogP contribution >= 0.6 is 0 Å². The standard InChI is InChI=1S/C9H13N2/c1-11-7-9-4-2-3-8(5-9)6-10/h2-5H,6-7,10H2,1H3/q-1. The summed E-state index contributed by atoms with van der Waals surface area (Å²) >= 11 is 0. The molecule has 0 heterocycles. The Bertz CT molecular complexity index is 221. The largest absolute Gasteiger partial charge is 0.661 e. The summed E-state index contributed by atoms with van der Waals surface area (Å²) in [6.07, 6.45) is 0. The highest BCUT2D eigenvalue weighted by atomic mass is 14.8. The second kappa shape index (κ2) is 4.11. The molecule has 1 aromatic rings. The number of nitrogens with two attached hydrogens (primary N) is 1. The van der Waals surface area contributed by atoms with Gasteiger partial charge in [-0.1, -0.05) is 29.8 Å². The summed E-state index contributed by atoms with van der Waals surface area (Å²) in [4.78, 5) is 0. The Morgan fingerprint density at radius 2 is 2.09 bits per heavy atom. The monoisotopic (exact) mass is 149 g/mol. The highest BCUT2D eigenvalue weighted by Gasteiger charge is 1.88. The van der Waals surface area contributed by atoms with Crippen LogP contribution in [-0.2, 0) is 13.1 Å². The van der Waals surface area contributed by atoms with Gasteiger partial charge in [0, 0.05) is 6.54 Å². The Morgan fingerprint density at radius 1 is 1.36 bits per heavy atom. The zero-order valence-electron chi connectivity index (χ0n) is 6.75. The number of hydrogen-bond acceptors (Lipinski definition) is 1. The van der Waals surface area contributed by atoms with E-state index in [1.807, 2.05) is 19.2 Å². The van der Waals surface area contributed by atoms with Gasteiger partial charge in [0.1, 0.15) is 0 Å². The first-order valence-electron chi connectivity index (χ1n) is 3.70. The lowest BCUT2D eigenvalue weighted by Gasteiger charge is -2.11. The summed E-state index contributed by atoms with van der Waals surface area (Å²) in [5, 5.41) is 4.04. The van der Waals surface area contributed by atoms with E-state index in [2.05, 4.69) is 17.4 Å². The zero-order chi connectivity index (χ0) is 8.10. The van der Waals surface area contributed by atoms with E-state index in [4.69, 9.17) is 5.73 Å². The van der Waals surface area contributed by atoms with Gasteiger partial charge in [0.25, 0.3) is 0 Å². The van der Waals surface area contributed by atoms with Crippen LogP contribution in [0.5, 0.6) is 0 Å². The summed E-state index contributed by atoms with van der Waals surface area (Å²) < 4.78 is 0. The quantitative estimate of drug-likeness (QED) is 0.697. The molecule has 0 aliphatic carbocycles. The molecule has 0 unspecified atom stereocenters. The summed E-state index contributed by atoms with van der Waals surface area (Å²) in [6.45, 7) is 1.39. The third-order valence-electron chi connectivity index (χ3n) is 1.57. The highest BCUT2D eigenvalue weighted by molar-refractivity contribution is 5.24. The SMILES string of the molecule is C[N-]Cc1cccc(CN)c1. The van der Waals surface area contributed by atoms with Crippen molar-refractivity contribution in [2.24, 2.45) is 5.73 Å². The van der Waals surface area contributed by atoms with Crippen molar-refractivity contribution in [1.29, 1.82) is 0 Å². The van der Waals surface area contributed by atoms with E-state index in [-0.39, 0.29) is 0 Å². The fourth-order valence-corrected chi connectivity index (χ4v) is 1.04. The predicted molar refractivity (Wildman–Crippen MR) is 47.3 cm³/mol. The van der Waals surface area contributed by atoms with E-state index in [9.17, 15) is 0 Å². The molecule has 0 fully saturated rings. The third-order valence-corrected chi connectivity index (χ3v) is 1.57. The minimum atomic E-state index is 0.609. The zero-order valence-corrected chi connectivity index (χ0v) is 6.75. The molecule has 0 aliphatic rings. The molecule has 0 spiro atoms. The van der Waals surface area contributed by atoms with Crippen molar-refractivity contribution in [2.45, 2.75) is 13.1 Å². The van der Waals surface area contributed by atoms with Crippen molar-refractivity contribution >= 4 is 0 Å². The van der Waals surface area contributed by atoms with Gasteiger partial charge in [-0.3, -0.25) is 0 Å². The van der Waals surface area contributed by atoms with E-state index < -0.39 is 0 Å². The van der Waals surface area contributed by atoms with Crippen LogP contribution in [0, 0.1) is 0 Å². The molecule has 0 amide bonds. The molecule has 2 nitrogen and oxygen atoms in total. The topological polar surface area (TPSA) is 40.1 Å². The fourth-order valence-electron chi connectivity index (χ4n) is 1.04. The summed E-state index contributed by atoms with van der Waals surface area (Å²) in [6, 6.07) is 8.20. The first-order valence-corrected chi connectivity index (χ1v) is 3.70. The van der Waals surface area contributed by atoms with Crippen molar-refractivity contribution in [3.63, 3.8) is 0 Å². The van der Waals surface area contributed by atoms with Crippen LogP contribution in [0.3, 0.4) is 0 Å². The van der Waals surface area contributed by atoms with E-state index in [0.717, 1.165) is 6.54 Å². The van der Waals surface area contributed by atoms with Crippen molar-refractivity contribution < 1.29 is 0 Å². The Morgan fingerprint density at radius 3 is 2.73 bits per heavy atom. The minimum Gasteiger partial charge on any atom is -0.661 e. The number of rotatable bonds is 3. The Kier molecular flexibility index (Phi) is 3.08. The van der Waals surface area contributed by atoms with Gasteiger partial charge in [0.2, 0.25) is 0 Å². The van der Waals surface area contributed by atoms with Gasteiger partial charge in [-0.05, 0) is 5.56 Å². The second-order valence-electron chi connectivity index (χ2n) is 2.50. The molecule has 2 N–H and O–H groups in total.